The lowest BCUT2D eigenvalue weighted by molar-refractivity contribution is -0.122. The average Bonchev–Trinajstić information content (AvgIpc) is 2.43. The van der Waals surface area contributed by atoms with Gasteiger partial charge in [0.15, 0.2) is 0 Å². The number of nitrogens with two attached hydrogens (primary N) is 1. The van der Waals surface area contributed by atoms with Crippen molar-refractivity contribution in [3.8, 4) is 0 Å². The summed E-state index contributed by atoms with van der Waals surface area (Å²) >= 11 is 0. The molecule has 0 unspecified atom stereocenters. The Labute approximate surface area is 140 Å². The highest BCUT2D eigenvalue weighted by Gasteiger charge is 2.06. The molecular formula is C15H27Cl2N3O. The van der Waals surface area contributed by atoms with Gasteiger partial charge in [0.05, 0.1) is 6.04 Å². The predicted molar refractivity (Wildman–Crippen MR) is 93.1 cm³/mol. The van der Waals surface area contributed by atoms with E-state index < -0.39 is 6.04 Å². The van der Waals surface area contributed by atoms with Crippen LogP contribution in [0.25, 0.3) is 0 Å². The van der Waals surface area contributed by atoms with Crippen molar-refractivity contribution in [1.82, 2.24) is 10.2 Å². The molecule has 0 aliphatic heterocycles. The van der Waals surface area contributed by atoms with Gasteiger partial charge in [-0.25, -0.2) is 0 Å². The first kappa shape index (κ1) is 22.5. The second kappa shape index (κ2) is 11.8. The maximum absolute atomic E-state index is 11.4. The Balaban J connectivity index is 0. The Kier molecular flexibility index (Phi) is 12.6. The van der Waals surface area contributed by atoms with Gasteiger partial charge in [-0.05, 0) is 31.1 Å². The van der Waals surface area contributed by atoms with Crippen LogP contribution >= 0.6 is 24.8 Å². The molecule has 3 N–H and O–H groups in total. The molecule has 1 atom stereocenters. The molecule has 1 aromatic carbocycles. The molecule has 6 heteroatoms. The number of hydrogen-bond acceptors (Lipinski definition) is 3. The molecule has 1 amide bonds. The summed E-state index contributed by atoms with van der Waals surface area (Å²) in [6, 6.07) is 7.89. The minimum absolute atomic E-state index is 0. The molecule has 0 heterocycles. The van der Waals surface area contributed by atoms with E-state index in [2.05, 4.69) is 48.3 Å². The monoisotopic (exact) mass is 335 g/mol. The van der Waals surface area contributed by atoms with Crippen molar-refractivity contribution in [3.05, 3.63) is 35.4 Å². The minimum Gasteiger partial charge on any atom is -0.351 e. The molecule has 0 aliphatic rings. The first-order valence-electron chi connectivity index (χ1n) is 6.90. The Hall–Kier alpha value is -0.810. The standard InChI is InChI=1S/C15H25N3O.2ClH/c1-4-18(5-2)11-14-8-6-13(7-9-14)10-17-15(19)12(3)16;;/h6-9,12H,4-5,10-11,16H2,1-3H3,(H,17,19);2*1H/t12-;;/m0../s1. The largest absolute Gasteiger partial charge is 0.351 e. The Morgan fingerprint density at radius 1 is 1.14 bits per heavy atom. The third-order valence-electron chi connectivity index (χ3n) is 3.20. The van der Waals surface area contributed by atoms with Crippen molar-refractivity contribution in [2.75, 3.05) is 13.1 Å². The Bertz CT molecular complexity index is 392. The molecule has 0 bridgehead atoms. The lowest BCUT2D eigenvalue weighted by Crippen LogP contribution is -2.37. The van der Waals surface area contributed by atoms with Crippen LogP contribution in [0.15, 0.2) is 24.3 Å². The predicted octanol–water partition coefficient (Wildman–Crippen LogP) is 2.34. The number of hydrogen-bond donors (Lipinski definition) is 2. The smallest absolute Gasteiger partial charge is 0.236 e. The van der Waals surface area contributed by atoms with E-state index in [9.17, 15) is 4.79 Å². The van der Waals surface area contributed by atoms with Gasteiger partial charge in [0.1, 0.15) is 0 Å². The van der Waals surface area contributed by atoms with Crippen LogP contribution in [0.3, 0.4) is 0 Å². The second-order valence-corrected chi connectivity index (χ2v) is 4.78. The van der Waals surface area contributed by atoms with Crippen LogP contribution < -0.4 is 11.1 Å². The number of carbonyl (C=O) groups excluding carboxylic acids is 1. The average molecular weight is 336 g/mol. The van der Waals surface area contributed by atoms with Gasteiger partial charge < -0.3 is 11.1 Å². The van der Waals surface area contributed by atoms with Crippen molar-refractivity contribution in [1.29, 1.82) is 0 Å². The third kappa shape index (κ3) is 8.27. The summed E-state index contributed by atoms with van der Waals surface area (Å²) in [5.41, 5.74) is 7.88. The molecule has 0 spiro atoms. The fraction of sp³-hybridized carbons (Fsp3) is 0.533. The maximum atomic E-state index is 11.4. The van der Waals surface area contributed by atoms with Crippen LogP contribution in [0.5, 0.6) is 0 Å². The van der Waals surface area contributed by atoms with Crippen molar-refractivity contribution < 1.29 is 4.79 Å². The van der Waals surface area contributed by atoms with Gasteiger partial charge >= 0.3 is 0 Å². The molecule has 0 saturated heterocycles. The van der Waals surface area contributed by atoms with Crippen LogP contribution in [0.2, 0.25) is 0 Å². The zero-order valence-electron chi connectivity index (χ0n) is 13.0. The zero-order valence-corrected chi connectivity index (χ0v) is 14.6. The second-order valence-electron chi connectivity index (χ2n) is 4.78. The van der Waals surface area contributed by atoms with Crippen LogP contribution in [-0.2, 0) is 17.9 Å². The summed E-state index contributed by atoms with van der Waals surface area (Å²) in [6.07, 6.45) is 0. The molecule has 122 valence electrons. The topological polar surface area (TPSA) is 58.4 Å². The number of nitrogens with zero attached hydrogens (tertiary/aromatic N) is 1. The van der Waals surface area contributed by atoms with Crippen molar-refractivity contribution >= 4 is 30.7 Å². The van der Waals surface area contributed by atoms with Crippen molar-refractivity contribution in [2.24, 2.45) is 5.73 Å². The number of benzene rings is 1. The Morgan fingerprint density at radius 3 is 2.05 bits per heavy atom. The fourth-order valence-electron chi connectivity index (χ4n) is 1.82. The highest BCUT2D eigenvalue weighted by Crippen LogP contribution is 2.07. The number of amides is 1. The third-order valence-corrected chi connectivity index (χ3v) is 3.20. The number of rotatable bonds is 7. The molecule has 0 aliphatic carbocycles. The van der Waals surface area contributed by atoms with Crippen LogP contribution in [0, 0.1) is 0 Å². The fourth-order valence-corrected chi connectivity index (χ4v) is 1.82. The van der Waals surface area contributed by atoms with Gasteiger partial charge in [-0.1, -0.05) is 38.1 Å². The van der Waals surface area contributed by atoms with E-state index in [-0.39, 0.29) is 30.7 Å². The van der Waals surface area contributed by atoms with E-state index in [0.29, 0.717) is 6.54 Å². The van der Waals surface area contributed by atoms with Gasteiger partial charge in [-0.15, -0.1) is 24.8 Å². The summed E-state index contributed by atoms with van der Waals surface area (Å²) in [5.74, 6) is -0.118. The Morgan fingerprint density at radius 2 is 1.62 bits per heavy atom. The summed E-state index contributed by atoms with van der Waals surface area (Å²) in [4.78, 5) is 13.7. The molecule has 0 fully saturated rings. The molecule has 0 aromatic heterocycles. The van der Waals surface area contributed by atoms with E-state index in [1.54, 1.807) is 6.92 Å². The van der Waals surface area contributed by atoms with Gasteiger partial charge in [0.2, 0.25) is 5.91 Å². The summed E-state index contributed by atoms with van der Waals surface area (Å²) < 4.78 is 0. The molecule has 4 nitrogen and oxygen atoms in total. The first-order valence-corrected chi connectivity index (χ1v) is 6.90. The van der Waals surface area contributed by atoms with Gasteiger partial charge in [0.25, 0.3) is 0 Å². The quantitative estimate of drug-likeness (QED) is 0.803. The van der Waals surface area contributed by atoms with Gasteiger partial charge in [0, 0.05) is 13.1 Å². The van der Waals surface area contributed by atoms with Gasteiger partial charge in [-0.2, -0.15) is 0 Å². The number of carbonyl (C=O) groups is 1. The molecule has 1 rings (SSSR count). The summed E-state index contributed by atoms with van der Waals surface area (Å²) in [7, 11) is 0. The summed E-state index contributed by atoms with van der Waals surface area (Å²) in [5, 5.41) is 2.81. The van der Waals surface area contributed by atoms with Crippen molar-refractivity contribution in [3.63, 3.8) is 0 Å². The van der Waals surface area contributed by atoms with Crippen LogP contribution in [-0.4, -0.2) is 29.9 Å². The van der Waals surface area contributed by atoms with E-state index in [4.69, 9.17) is 5.73 Å². The van der Waals surface area contributed by atoms with Crippen molar-refractivity contribution in [2.45, 2.75) is 39.9 Å². The van der Waals surface area contributed by atoms with Crippen LogP contribution in [0.4, 0.5) is 0 Å². The number of halogens is 2. The molecule has 21 heavy (non-hydrogen) atoms. The number of nitrogens with one attached hydrogen (secondary N) is 1. The lowest BCUT2D eigenvalue weighted by Gasteiger charge is -2.18. The maximum Gasteiger partial charge on any atom is 0.236 e. The van der Waals surface area contributed by atoms with E-state index in [1.165, 1.54) is 5.56 Å². The molecule has 0 radical (unpaired) electrons. The highest BCUT2D eigenvalue weighted by molar-refractivity contribution is 5.85. The van der Waals surface area contributed by atoms with E-state index in [0.717, 1.165) is 25.2 Å². The van der Waals surface area contributed by atoms with Crippen LogP contribution in [0.1, 0.15) is 31.9 Å². The van der Waals surface area contributed by atoms with E-state index in [1.807, 2.05) is 0 Å². The van der Waals surface area contributed by atoms with Gasteiger partial charge in [-0.3, -0.25) is 9.69 Å². The first-order chi connectivity index (χ1) is 9.06. The van der Waals surface area contributed by atoms with E-state index >= 15 is 0 Å². The lowest BCUT2D eigenvalue weighted by atomic mass is 10.1. The molecule has 0 saturated carbocycles. The zero-order chi connectivity index (χ0) is 14.3. The highest BCUT2D eigenvalue weighted by atomic mass is 35.5. The molecular weight excluding hydrogens is 309 g/mol. The normalized spacial score (nSPS) is 11.3. The SMILES string of the molecule is CCN(CC)Cc1ccc(CNC(=O)[C@H](C)N)cc1.Cl.Cl. The summed E-state index contributed by atoms with van der Waals surface area (Å²) in [6.45, 7) is 9.64. The minimum atomic E-state index is -0.457. The molecule has 1 aromatic rings.